The van der Waals surface area contributed by atoms with E-state index in [0.717, 1.165) is 16.9 Å². The molecule has 2 aromatic carbocycles. The number of fused-ring (bicyclic) bond motifs is 1. The molecular weight excluding hydrogens is 342 g/mol. The predicted octanol–water partition coefficient (Wildman–Crippen LogP) is 4.27. The Bertz CT molecular complexity index is 1000. The van der Waals surface area contributed by atoms with Crippen molar-refractivity contribution < 1.29 is 14.1 Å². The first kappa shape index (κ1) is 17.0. The van der Waals surface area contributed by atoms with Crippen molar-refractivity contribution in [1.29, 1.82) is 0 Å². The molecule has 1 amide bonds. The number of nitrogens with one attached hydrogen (secondary N) is 1. The standard InChI is InChI=1S/C21H19N3O3/c1-13(2)19-23-21(27-24-19)14-7-9-17(10-8-14)22-20(25)16-11-15-5-3-4-6-18(15)26-12-16/h3-11,13H,12H2,1-2H3,(H,22,25). The number of para-hydroxylation sites is 1. The molecule has 0 bridgehead atoms. The van der Waals surface area contributed by atoms with E-state index >= 15 is 0 Å². The van der Waals surface area contributed by atoms with Gasteiger partial charge in [0.25, 0.3) is 11.8 Å². The van der Waals surface area contributed by atoms with Crippen LogP contribution < -0.4 is 10.1 Å². The Balaban J connectivity index is 1.47. The third kappa shape index (κ3) is 3.60. The Morgan fingerprint density at radius 3 is 2.63 bits per heavy atom. The normalized spacial score (nSPS) is 12.9. The van der Waals surface area contributed by atoms with Gasteiger partial charge in [-0.1, -0.05) is 37.2 Å². The van der Waals surface area contributed by atoms with Crippen molar-refractivity contribution in [2.24, 2.45) is 0 Å². The Morgan fingerprint density at radius 2 is 1.89 bits per heavy atom. The van der Waals surface area contributed by atoms with Gasteiger partial charge in [-0.3, -0.25) is 4.79 Å². The van der Waals surface area contributed by atoms with Gasteiger partial charge >= 0.3 is 0 Å². The summed E-state index contributed by atoms with van der Waals surface area (Å²) in [6, 6.07) is 14.9. The quantitative estimate of drug-likeness (QED) is 0.751. The second kappa shape index (κ2) is 7.07. The van der Waals surface area contributed by atoms with Gasteiger partial charge in [-0.05, 0) is 36.4 Å². The van der Waals surface area contributed by atoms with E-state index in [2.05, 4.69) is 15.5 Å². The summed E-state index contributed by atoms with van der Waals surface area (Å²) in [5, 5.41) is 6.86. The maximum absolute atomic E-state index is 12.5. The number of aromatic nitrogens is 2. The van der Waals surface area contributed by atoms with Crippen LogP contribution in [0.1, 0.15) is 31.2 Å². The van der Waals surface area contributed by atoms with E-state index in [1.165, 1.54) is 0 Å². The molecule has 6 heteroatoms. The molecule has 0 unspecified atom stereocenters. The largest absolute Gasteiger partial charge is 0.488 e. The second-order valence-electron chi connectivity index (χ2n) is 6.64. The Kier molecular flexibility index (Phi) is 4.46. The molecular formula is C21H19N3O3. The lowest BCUT2D eigenvalue weighted by Gasteiger charge is -2.17. The van der Waals surface area contributed by atoms with Crippen molar-refractivity contribution in [3.8, 4) is 17.2 Å². The van der Waals surface area contributed by atoms with E-state index in [-0.39, 0.29) is 18.4 Å². The molecule has 3 aromatic rings. The molecule has 0 atom stereocenters. The number of rotatable bonds is 4. The molecule has 2 heterocycles. The van der Waals surface area contributed by atoms with Gasteiger partial charge < -0.3 is 14.6 Å². The highest BCUT2D eigenvalue weighted by Gasteiger charge is 2.17. The third-order valence-electron chi connectivity index (χ3n) is 4.27. The number of nitrogens with zero attached hydrogens (tertiary/aromatic N) is 2. The molecule has 27 heavy (non-hydrogen) atoms. The number of carbonyl (C=O) groups is 1. The summed E-state index contributed by atoms with van der Waals surface area (Å²) in [5.41, 5.74) is 2.98. The molecule has 0 fully saturated rings. The van der Waals surface area contributed by atoms with Gasteiger partial charge in [0.1, 0.15) is 12.4 Å². The molecule has 1 aliphatic heterocycles. The van der Waals surface area contributed by atoms with Gasteiger partial charge in [-0.25, -0.2) is 0 Å². The lowest BCUT2D eigenvalue weighted by Crippen LogP contribution is -2.21. The lowest BCUT2D eigenvalue weighted by molar-refractivity contribution is -0.113. The van der Waals surface area contributed by atoms with Crippen LogP contribution in [-0.4, -0.2) is 22.7 Å². The van der Waals surface area contributed by atoms with Crippen LogP contribution >= 0.6 is 0 Å². The van der Waals surface area contributed by atoms with Crippen LogP contribution in [-0.2, 0) is 4.79 Å². The van der Waals surface area contributed by atoms with Crippen molar-refractivity contribution in [3.63, 3.8) is 0 Å². The zero-order valence-corrected chi connectivity index (χ0v) is 15.1. The van der Waals surface area contributed by atoms with Gasteiger partial charge in [0.05, 0.1) is 5.57 Å². The van der Waals surface area contributed by atoms with Crippen LogP contribution in [0.2, 0.25) is 0 Å². The highest BCUT2D eigenvalue weighted by molar-refractivity contribution is 6.07. The molecule has 1 aromatic heterocycles. The predicted molar refractivity (Wildman–Crippen MR) is 102 cm³/mol. The molecule has 1 N–H and O–H groups in total. The maximum Gasteiger partial charge on any atom is 0.257 e. The highest BCUT2D eigenvalue weighted by atomic mass is 16.5. The Morgan fingerprint density at radius 1 is 1.11 bits per heavy atom. The molecule has 1 aliphatic rings. The molecule has 0 saturated carbocycles. The minimum atomic E-state index is -0.183. The minimum Gasteiger partial charge on any atom is -0.488 e. The zero-order valence-electron chi connectivity index (χ0n) is 15.1. The summed E-state index contributed by atoms with van der Waals surface area (Å²) in [4.78, 5) is 16.9. The number of carbonyl (C=O) groups excluding carboxylic acids is 1. The second-order valence-corrected chi connectivity index (χ2v) is 6.64. The SMILES string of the molecule is CC(C)c1noc(-c2ccc(NC(=O)C3=Cc4ccccc4OC3)cc2)n1. The van der Waals surface area contributed by atoms with Crippen LogP contribution in [0.5, 0.6) is 5.75 Å². The monoisotopic (exact) mass is 361 g/mol. The molecule has 0 radical (unpaired) electrons. The van der Waals surface area contributed by atoms with Crippen LogP contribution in [0.3, 0.4) is 0 Å². The fraction of sp³-hybridized carbons (Fsp3) is 0.190. The van der Waals surface area contributed by atoms with E-state index in [1.807, 2.05) is 68.5 Å². The van der Waals surface area contributed by atoms with E-state index in [0.29, 0.717) is 23.0 Å². The van der Waals surface area contributed by atoms with Crippen LogP contribution in [0.4, 0.5) is 5.69 Å². The van der Waals surface area contributed by atoms with E-state index in [1.54, 1.807) is 0 Å². The van der Waals surface area contributed by atoms with Crippen molar-refractivity contribution in [2.45, 2.75) is 19.8 Å². The van der Waals surface area contributed by atoms with Crippen molar-refractivity contribution in [2.75, 3.05) is 11.9 Å². The summed E-state index contributed by atoms with van der Waals surface area (Å²) < 4.78 is 10.9. The smallest absolute Gasteiger partial charge is 0.257 e. The fourth-order valence-electron chi connectivity index (χ4n) is 2.74. The molecule has 0 saturated heterocycles. The van der Waals surface area contributed by atoms with Crippen LogP contribution in [0.15, 0.2) is 58.6 Å². The minimum absolute atomic E-state index is 0.183. The zero-order chi connectivity index (χ0) is 18.8. The third-order valence-corrected chi connectivity index (χ3v) is 4.27. The van der Waals surface area contributed by atoms with Gasteiger partial charge in [0, 0.05) is 22.7 Å². The molecule has 0 spiro atoms. The van der Waals surface area contributed by atoms with Crippen molar-refractivity contribution in [3.05, 3.63) is 65.5 Å². The maximum atomic E-state index is 12.5. The number of amides is 1. The number of hydrogen-bond donors (Lipinski definition) is 1. The van der Waals surface area contributed by atoms with Crippen molar-refractivity contribution >= 4 is 17.7 Å². The van der Waals surface area contributed by atoms with Crippen LogP contribution in [0, 0.1) is 0 Å². The summed E-state index contributed by atoms with van der Waals surface area (Å²) in [6.45, 7) is 4.27. The summed E-state index contributed by atoms with van der Waals surface area (Å²) in [6.07, 6.45) is 1.86. The van der Waals surface area contributed by atoms with Crippen LogP contribution in [0.25, 0.3) is 17.5 Å². The summed E-state index contributed by atoms with van der Waals surface area (Å²) >= 11 is 0. The van der Waals surface area contributed by atoms with E-state index in [9.17, 15) is 4.79 Å². The molecule has 136 valence electrons. The summed E-state index contributed by atoms with van der Waals surface area (Å²) in [5.74, 6) is 1.96. The van der Waals surface area contributed by atoms with Gasteiger partial charge in [0.2, 0.25) is 0 Å². The van der Waals surface area contributed by atoms with E-state index in [4.69, 9.17) is 9.26 Å². The van der Waals surface area contributed by atoms with Crippen molar-refractivity contribution in [1.82, 2.24) is 10.1 Å². The highest BCUT2D eigenvalue weighted by Crippen LogP contribution is 2.27. The number of hydrogen-bond acceptors (Lipinski definition) is 5. The first-order chi connectivity index (χ1) is 13.1. The average molecular weight is 361 g/mol. The Hall–Kier alpha value is -3.41. The Labute approximate surface area is 156 Å². The average Bonchev–Trinajstić information content (AvgIpc) is 3.19. The number of benzene rings is 2. The number of ether oxygens (including phenoxy) is 1. The van der Waals surface area contributed by atoms with Gasteiger partial charge in [0.15, 0.2) is 5.82 Å². The summed E-state index contributed by atoms with van der Waals surface area (Å²) in [7, 11) is 0. The number of anilines is 1. The first-order valence-corrected chi connectivity index (χ1v) is 8.78. The van der Waals surface area contributed by atoms with Gasteiger partial charge in [-0.2, -0.15) is 4.98 Å². The fourth-order valence-corrected chi connectivity index (χ4v) is 2.74. The van der Waals surface area contributed by atoms with E-state index < -0.39 is 0 Å². The molecule has 6 nitrogen and oxygen atoms in total. The molecule has 0 aliphatic carbocycles. The topological polar surface area (TPSA) is 77.2 Å². The molecule has 4 rings (SSSR count). The lowest BCUT2D eigenvalue weighted by atomic mass is 10.1. The first-order valence-electron chi connectivity index (χ1n) is 8.78. The van der Waals surface area contributed by atoms with Gasteiger partial charge in [-0.15, -0.1) is 0 Å².